The summed E-state index contributed by atoms with van der Waals surface area (Å²) in [5.41, 5.74) is 5.47. The first-order valence-corrected chi connectivity index (χ1v) is 6.83. The molecule has 1 aliphatic heterocycles. The zero-order valence-electron chi connectivity index (χ0n) is 11.9. The Kier molecular flexibility index (Phi) is 6.52. The Balaban J connectivity index is 2.40. The second-order valence-electron chi connectivity index (χ2n) is 5.52. The lowest BCUT2D eigenvalue weighted by Crippen LogP contribution is -2.54. The molecule has 0 aromatic heterocycles. The van der Waals surface area contributed by atoms with Crippen molar-refractivity contribution in [1.29, 1.82) is 0 Å². The summed E-state index contributed by atoms with van der Waals surface area (Å²) in [5.74, 6) is 0. The molecule has 0 aromatic carbocycles. The molecule has 0 radical (unpaired) electrons. The number of ether oxygens (including phenoxy) is 2. The summed E-state index contributed by atoms with van der Waals surface area (Å²) in [6.45, 7) is 10.0. The quantitative estimate of drug-likeness (QED) is 0.685. The van der Waals surface area contributed by atoms with Crippen molar-refractivity contribution in [2.75, 3.05) is 39.4 Å². The molecule has 0 aromatic rings. The lowest BCUT2D eigenvalue weighted by atomic mass is 10.0. The molecule has 2 unspecified atom stereocenters. The van der Waals surface area contributed by atoms with E-state index in [0.29, 0.717) is 13.2 Å². The highest BCUT2D eigenvalue weighted by Gasteiger charge is 2.32. The lowest BCUT2D eigenvalue weighted by molar-refractivity contribution is -0.150. The van der Waals surface area contributed by atoms with Crippen LogP contribution in [0.25, 0.3) is 0 Å². The van der Waals surface area contributed by atoms with E-state index in [1.807, 2.05) is 6.92 Å². The van der Waals surface area contributed by atoms with Crippen molar-refractivity contribution in [3.8, 4) is 0 Å². The Hall–Kier alpha value is -0.200. The third-order valence-electron chi connectivity index (χ3n) is 3.19. The Morgan fingerprint density at radius 1 is 1.56 bits per heavy atom. The van der Waals surface area contributed by atoms with Gasteiger partial charge in [-0.15, -0.1) is 0 Å². The predicted octanol–water partition coefficient (Wildman–Crippen LogP) is 0.212. The number of nitrogens with two attached hydrogens (primary N) is 1. The smallest absolute Gasteiger partial charge is 0.0940 e. The van der Waals surface area contributed by atoms with E-state index in [4.69, 9.17) is 15.2 Å². The van der Waals surface area contributed by atoms with E-state index >= 15 is 0 Å². The highest BCUT2D eigenvalue weighted by atomic mass is 16.5. The van der Waals surface area contributed by atoms with Gasteiger partial charge in [-0.3, -0.25) is 4.90 Å². The largest absolute Gasteiger partial charge is 0.394 e. The molecule has 3 N–H and O–H groups in total. The van der Waals surface area contributed by atoms with E-state index in [2.05, 4.69) is 18.7 Å². The maximum atomic E-state index is 9.25. The number of hydrogen-bond donors (Lipinski definition) is 2. The Bertz CT molecular complexity index is 236. The third kappa shape index (κ3) is 5.20. The molecule has 1 heterocycles. The van der Waals surface area contributed by atoms with E-state index in [1.165, 1.54) is 0 Å². The van der Waals surface area contributed by atoms with Gasteiger partial charge in [-0.1, -0.05) is 0 Å². The van der Waals surface area contributed by atoms with Gasteiger partial charge in [0.05, 0.1) is 24.4 Å². The second-order valence-corrected chi connectivity index (χ2v) is 5.52. The van der Waals surface area contributed by atoms with Crippen molar-refractivity contribution < 1.29 is 14.6 Å². The summed E-state index contributed by atoms with van der Waals surface area (Å²) in [7, 11) is 0. The summed E-state index contributed by atoms with van der Waals surface area (Å²) in [6, 6.07) is 0. The van der Waals surface area contributed by atoms with Gasteiger partial charge in [0.25, 0.3) is 0 Å². The van der Waals surface area contributed by atoms with E-state index in [0.717, 1.165) is 26.1 Å². The fourth-order valence-electron chi connectivity index (χ4n) is 2.51. The molecular weight excluding hydrogens is 232 g/mol. The molecule has 108 valence electrons. The minimum absolute atomic E-state index is 0.0751. The lowest BCUT2D eigenvalue weighted by Gasteiger charge is -2.42. The van der Waals surface area contributed by atoms with Crippen LogP contribution in [-0.2, 0) is 9.47 Å². The van der Waals surface area contributed by atoms with Crippen molar-refractivity contribution in [2.24, 2.45) is 5.73 Å². The van der Waals surface area contributed by atoms with Gasteiger partial charge in [0, 0.05) is 32.8 Å². The molecule has 0 saturated carbocycles. The van der Waals surface area contributed by atoms with Crippen molar-refractivity contribution >= 4 is 0 Å². The average Bonchev–Trinajstić information content (AvgIpc) is 2.32. The van der Waals surface area contributed by atoms with Gasteiger partial charge < -0.3 is 20.3 Å². The van der Waals surface area contributed by atoms with Crippen LogP contribution in [0.15, 0.2) is 0 Å². The van der Waals surface area contributed by atoms with Gasteiger partial charge in [-0.05, 0) is 27.2 Å². The molecule has 5 heteroatoms. The van der Waals surface area contributed by atoms with Gasteiger partial charge in [-0.25, -0.2) is 0 Å². The maximum absolute atomic E-state index is 9.25. The van der Waals surface area contributed by atoms with Crippen LogP contribution in [0.5, 0.6) is 0 Å². The Labute approximate surface area is 110 Å². The van der Waals surface area contributed by atoms with E-state index < -0.39 is 0 Å². The first-order valence-electron chi connectivity index (χ1n) is 6.83. The summed E-state index contributed by atoms with van der Waals surface area (Å²) >= 11 is 0. The molecule has 1 fully saturated rings. The van der Waals surface area contributed by atoms with Crippen molar-refractivity contribution in [2.45, 2.75) is 45.0 Å². The average molecular weight is 260 g/mol. The SMILES string of the molecule is CCOC(CN)CCN1CC(CO)OC(C)(C)C1. The van der Waals surface area contributed by atoms with Gasteiger partial charge in [0.1, 0.15) is 0 Å². The molecule has 1 rings (SSSR count). The fraction of sp³-hybridized carbons (Fsp3) is 1.00. The molecule has 5 nitrogen and oxygen atoms in total. The van der Waals surface area contributed by atoms with Crippen LogP contribution in [-0.4, -0.2) is 67.2 Å². The number of aliphatic hydroxyl groups excluding tert-OH is 1. The van der Waals surface area contributed by atoms with Crippen molar-refractivity contribution in [3.05, 3.63) is 0 Å². The molecule has 0 bridgehead atoms. The summed E-state index contributed by atoms with van der Waals surface area (Å²) < 4.78 is 11.3. The van der Waals surface area contributed by atoms with Crippen LogP contribution >= 0.6 is 0 Å². The van der Waals surface area contributed by atoms with Crippen LogP contribution in [0.2, 0.25) is 0 Å². The number of hydrogen-bond acceptors (Lipinski definition) is 5. The molecule has 1 saturated heterocycles. The second kappa shape index (κ2) is 7.40. The summed E-state index contributed by atoms with van der Waals surface area (Å²) in [6.07, 6.45) is 0.976. The number of aliphatic hydroxyl groups is 1. The van der Waals surface area contributed by atoms with Crippen LogP contribution in [0, 0.1) is 0 Å². The number of morpholine rings is 1. The minimum atomic E-state index is -0.199. The van der Waals surface area contributed by atoms with Crippen molar-refractivity contribution in [3.63, 3.8) is 0 Å². The number of nitrogens with zero attached hydrogens (tertiary/aromatic N) is 1. The number of rotatable bonds is 7. The normalized spacial score (nSPS) is 26.2. The zero-order chi connectivity index (χ0) is 13.6. The van der Waals surface area contributed by atoms with E-state index in [-0.39, 0.29) is 24.4 Å². The molecule has 18 heavy (non-hydrogen) atoms. The van der Waals surface area contributed by atoms with E-state index in [1.54, 1.807) is 0 Å². The highest BCUT2D eigenvalue weighted by molar-refractivity contribution is 4.84. The van der Waals surface area contributed by atoms with Gasteiger partial charge in [0.2, 0.25) is 0 Å². The predicted molar refractivity (Wildman–Crippen MR) is 71.6 cm³/mol. The van der Waals surface area contributed by atoms with Crippen LogP contribution < -0.4 is 5.73 Å². The third-order valence-corrected chi connectivity index (χ3v) is 3.19. The maximum Gasteiger partial charge on any atom is 0.0940 e. The van der Waals surface area contributed by atoms with Crippen LogP contribution in [0.4, 0.5) is 0 Å². The first kappa shape index (κ1) is 15.9. The van der Waals surface area contributed by atoms with Gasteiger partial charge in [0.15, 0.2) is 0 Å². The summed E-state index contributed by atoms with van der Waals surface area (Å²) in [5, 5.41) is 9.25. The van der Waals surface area contributed by atoms with Crippen LogP contribution in [0.1, 0.15) is 27.2 Å². The fourth-order valence-corrected chi connectivity index (χ4v) is 2.51. The Morgan fingerprint density at radius 2 is 2.28 bits per heavy atom. The molecule has 0 aliphatic carbocycles. The molecule has 1 aliphatic rings. The van der Waals surface area contributed by atoms with Gasteiger partial charge in [-0.2, -0.15) is 0 Å². The van der Waals surface area contributed by atoms with E-state index in [9.17, 15) is 5.11 Å². The Morgan fingerprint density at radius 3 is 2.83 bits per heavy atom. The standard InChI is InChI=1S/C13H28N2O3/c1-4-17-11(7-14)5-6-15-8-12(9-16)18-13(2,3)10-15/h11-12,16H,4-10,14H2,1-3H3. The minimum Gasteiger partial charge on any atom is -0.394 e. The highest BCUT2D eigenvalue weighted by Crippen LogP contribution is 2.21. The van der Waals surface area contributed by atoms with Crippen molar-refractivity contribution in [1.82, 2.24) is 4.90 Å². The monoisotopic (exact) mass is 260 g/mol. The molecular formula is C13H28N2O3. The first-order chi connectivity index (χ1) is 8.50. The van der Waals surface area contributed by atoms with Crippen LogP contribution in [0.3, 0.4) is 0 Å². The molecule has 2 atom stereocenters. The summed E-state index contributed by atoms with van der Waals surface area (Å²) in [4.78, 5) is 2.33. The topological polar surface area (TPSA) is 68.0 Å². The molecule has 0 spiro atoms. The molecule has 0 amide bonds. The zero-order valence-corrected chi connectivity index (χ0v) is 11.9. The van der Waals surface area contributed by atoms with Gasteiger partial charge >= 0.3 is 0 Å².